The van der Waals surface area contributed by atoms with Gasteiger partial charge in [-0.25, -0.2) is 4.98 Å². The first-order chi connectivity index (χ1) is 11.2. The monoisotopic (exact) mass is 310 g/mol. The third-order valence-electron chi connectivity index (χ3n) is 4.55. The highest BCUT2D eigenvalue weighted by Crippen LogP contribution is 2.22. The van der Waals surface area contributed by atoms with Crippen molar-refractivity contribution in [2.45, 2.75) is 26.3 Å². The molecule has 0 bridgehead atoms. The first-order valence-corrected chi connectivity index (χ1v) is 8.47. The number of piperidine rings is 1. The van der Waals surface area contributed by atoms with Crippen LogP contribution in [0.2, 0.25) is 0 Å². The molecule has 122 valence electrons. The van der Waals surface area contributed by atoms with Crippen molar-refractivity contribution in [3.05, 3.63) is 54.0 Å². The Hall–Kier alpha value is -1.94. The maximum absolute atomic E-state index is 4.59. The van der Waals surface area contributed by atoms with E-state index in [4.69, 9.17) is 0 Å². The average Bonchev–Trinajstić information content (AvgIpc) is 2.56. The summed E-state index contributed by atoms with van der Waals surface area (Å²) in [4.78, 5) is 13.7. The molecule has 1 aromatic carbocycles. The fourth-order valence-electron chi connectivity index (χ4n) is 3.35. The molecule has 0 N–H and O–H groups in total. The van der Waals surface area contributed by atoms with Crippen LogP contribution in [0.5, 0.6) is 0 Å². The van der Waals surface area contributed by atoms with E-state index in [1.165, 1.54) is 24.9 Å². The number of anilines is 1. The highest BCUT2D eigenvalue weighted by atomic mass is 15.2. The summed E-state index contributed by atoms with van der Waals surface area (Å²) < 4.78 is 0. The van der Waals surface area contributed by atoms with E-state index in [2.05, 4.69) is 57.1 Å². The van der Waals surface area contributed by atoms with Crippen molar-refractivity contribution in [3.8, 4) is 0 Å². The number of nitrogens with zero attached hydrogens (tertiary/aromatic N) is 4. The van der Waals surface area contributed by atoms with Gasteiger partial charge >= 0.3 is 0 Å². The highest BCUT2D eigenvalue weighted by molar-refractivity contribution is 5.36. The summed E-state index contributed by atoms with van der Waals surface area (Å²) in [5, 5.41) is 0. The van der Waals surface area contributed by atoms with Gasteiger partial charge in [0.1, 0.15) is 5.82 Å². The van der Waals surface area contributed by atoms with Crippen LogP contribution in [0, 0.1) is 12.8 Å². The molecular formula is C19H26N4. The molecule has 0 saturated carbocycles. The molecule has 0 unspecified atom stereocenters. The van der Waals surface area contributed by atoms with Crippen molar-refractivity contribution >= 4 is 5.82 Å². The normalized spacial score (nSPS) is 16.0. The number of aryl methyl sites for hydroxylation is 1. The number of hydrogen-bond donors (Lipinski definition) is 0. The number of hydrogen-bond acceptors (Lipinski definition) is 4. The Morgan fingerprint density at radius 2 is 1.87 bits per heavy atom. The second-order valence-corrected chi connectivity index (χ2v) is 6.63. The fraction of sp³-hybridized carbons (Fsp3) is 0.474. The Morgan fingerprint density at radius 3 is 2.57 bits per heavy atom. The van der Waals surface area contributed by atoms with E-state index in [0.29, 0.717) is 0 Å². The molecule has 1 aliphatic heterocycles. The maximum Gasteiger partial charge on any atom is 0.147 e. The van der Waals surface area contributed by atoms with Crippen LogP contribution in [0.15, 0.2) is 42.7 Å². The highest BCUT2D eigenvalue weighted by Gasteiger charge is 2.21. The summed E-state index contributed by atoms with van der Waals surface area (Å²) >= 11 is 0. The van der Waals surface area contributed by atoms with Crippen LogP contribution in [0.25, 0.3) is 0 Å². The van der Waals surface area contributed by atoms with E-state index in [1.54, 1.807) is 0 Å². The smallest absolute Gasteiger partial charge is 0.147 e. The maximum atomic E-state index is 4.59. The molecule has 0 amide bonds. The van der Waals surface area contributed by atoms with Crippen LogP contribution in [0.3, 0.4) is 0 Å². The van der Waals surface area contributed by atoms with Gasteiger partial charge in [0.25, 0.3) is 0 Å². The Bertz CT molecular complexity index is 606. The lowest BCUT2D eigenvalue weighted by molar-refractivity contribution is 0.242. The molecule has 23 heavy (non-hydrogen) atoms. The number of aromatic nitrogens is 2. The van der Waals surface area contributed by atoms with Crippen molar-refractivity contribution in [1.29, 1.82) is 0 Å². The van der Waals surface area contributed by atoms with Crippen molar-refractivity contribution in [2.24, 2.45) is 5.92 Å². The molecule has 1 aromatic heterocycles. The topological polar surface area (TPSA) is 32.3 Å². The molecule has 1 aliphatic rings. The third kappa shape index (κ3) is 4.52. The molecule has 4 nitrogen and oxygen atoms in total. The first-order valence-electron chi connectivity index (χ1n) is 8.47. The standard InChI is InChI=1S/C19H26N4/c1-16-12-20-13-19(21-16)23-10-8-18(9-11-23)15-22(2)14-17-6-4-3-5-7-17/h3-7,12-13,18H,8-11,14-15H2,1-2H3. The van der Waals surface area contributed by atoms with Crippen LogP contribution >= 0.6 is 0 Å². The zero-order chi connectivity index (χ0) is 16.1. The lowest BCUT2D eigenvalue weighted by atomic mass is 9.96. The number of rotatable bonds is 5. The molecule has 0 spiro atoms. The SMILES string of the molecule is Cc1cncc(N2CCC(CN(C)Cc3ccccc3)CC2)n1. The summed E-state index contributed by atoms with van der Waals surface area (Å²) in [7, 11) is 2.23. The van der Waals surface area contributed by atoms with E-state index >= 15 is 0 Å². The van der Waals surface area contributed by atoms with Gasteiger partial charge in [-0.2, -0.15) is 0 Å². The molecule has 2 heterocycles. The largest absolute Gasteiger partial charge is 0.355 e. The van der Waals surface area contributed by atoms with Crippen molar-refractivity contribution < 1.29 is 0 Å². The van der Waals surface area contributed by atoms with Gasteiger partial charge in [0.2, 0.25) is 0 Å². The van der Waals surface area contributed by atoms with E-state index in [0.717, 1.165) is 37.1 Å². The molecular weight excluding hydrogens is 284 g/mol. The van der Waals surface area contributed by atoms with Crippen LogP contribution in [0.1, 0.15) is 24.1 Å². The van der Waals surface area contributed by atoms with Crippen molar-refractivity contribution in [3.63, 3.8) is 0 Å². The van der Waals surface area contributed by atoms with Crippen LogP contribution < -0.4 is 4.90 Å². The van der Waals surface area contributed by atoms with Gasteiger partial charge < -0.3 is 9.80 Å². The van der Waals surface area contributed by atoms with E-state index in [-0.39, 0.29) is 0 Å². The summed E-state index contributed by atoms with van der Waals surface area (Å²) in [5.41, 5.74) is 2.38. The second kappa shape index (κ2) is 7.55. The van der Waals surface area contributed by atoms with Crippen molar-refractivity contribution in [1.82, 2.24) is 14.9 Å². The van der Waals surface area contributed by atoms with Gasteiger partial charge in [-0.15, -0.1) is 0 Å². The Labute approximate surface area is 139 Å². The summed E-state index contributed by atoms with van der Waals surface area (Å²) in [6.07, 6.45) is 6.16. The summed E-state index contributed by atoms with van der Waals surface area (Å²) in [6, 6.07) is 10.7. The van der Waals surface area contributed by atoms with E-state index in [9.17, 15) is 0 Å². The molecule has 0 radical (unpaired) electrons. The van der Waals surface area contributed by atoms with E-state index in [1.807, 2.05) is 19.3 Å². The Balaban J connectivity index is 1.47. The second-order valence-electron chi connectivity index (χ2n) is 6.63. The van der Waals surface area contributed by atoms with Crippen molar-refractivity contribution in [2.75, 3.05) is 31.6 Å². The minimum absolute atomic E-state index is 0.776. The zero-order valence-corrected chi connectivity index (χ0v) is 14.2. The molecule has 1 saturated heterocycles. The summed E-state index contributed by atoms with van der Waals surface area (Å²) in [5.74, 6) is 1.80. The Morgan fingerprint density at radius 1 is 1.13 bits per heavy atom. The Kier molecular flexibility index (Phi) is 5.23. The molecule has 3 rings (SSSR count). The fourth-order valence-corrected chi connectivity index (χ4v) is 3.35. The van der Waals surface area contributed by atoms with Crippen LogP contribution in [0.4, 0.5) is 5.82 Å². The predicted octanol–water partition coefficient (Wildman–Crippen LogP) is 3.13. The summed E-state index contributed by atoms with van der Waals surface area (Å²) in [6.45, 7) is 6.37. The average molecular weight is 310 g/mol. The van der Waals surface area contributed by atoms with Crippen LogP contribution in [-0.2, 0) is 6.54 Å². The first kappa shape index (κ1) is 15.9. The third-order valence-corrected chi connectivity index (χ3v) is 4.55. The minimum Gasteiger partial charge on any atom is -0.355 e. The molecule has 2 aromatic rings. The quantitative estimate of drug-likeness (QED) is 0.849. The van der Waals surface area contributed by atoms with Gasteiger partial charge in [0.15, 0.2) is 0 Å². The lowest BCUT2D eigenvalue weighted by Gasteiger charge is -2.34. The molecule has 4 heteroatoms. The molecule has 0 atom stereocenters. The van der Waals surface area contributed by atoms with Gasteiger partial charge in [0.05, 0.1) is 11.9 Å². The molecule has 0 aliphatic carbocycles. The molecule has 1 fully saturated rings. The number of benzene rings is 1. The van der Waals surface area contributed by atoms with E-state index < -0.39 is 0 Å². The minimum atomic E-state index is 0.776. The predicted molar refractivity (Wildman–Crippen MR) is 94.5 cm³/mol. The van der Waals surface area contributed by atoms with Crippen LogP contribution in [-0.4, -0.2) is 41.5 Å². The zero-order valence-electron chi connectivity index (χ0n) is 14.2. The lowest BCUT2D eigenvalue weighted by Crippen LogP contribution is -2.38. The van der Waals surface area contributed by atoms with Gasteiger partial charge in [-0.3, -0.25) is 4.98 Å². The van der Waals surface area contributed by atoms with Gasteiger partial charge in [-0.05, 0) is 38.3 Å². The van der Waals surface area contributed by atoms with Gasteiger partial charge in [-0.1, -0.05) is 30.3 Å². The van der Waals surface area contributed by atoms with Gasteiger partial charge in [0, 0.05) is 32.4 Å².